The van der Waals surface area contributed by atoms with Crippen LogP contribution in [0.2, 0.25) is 0 Å². The number of rotatable bonds is 5. The SMILES string of the molecule is CCCc1c(N)c(=O)n(CCC)n1CC. The maximum Gasteiger partial charge on any atom is 0.290 e. The van der Waals surface area contributed by atoms with Gasteiger partial charge in [0.25, 0.3) is 5.56 Å². The molecule has 4 heteroatoms. The Balaban J connectivity index is 3.26. The molecule has 0 amide bonds. The van der Waals surface area contributed by atoms with Crippen molar-refractivity contribution in [2.75, 3.05) is 5.73 Å². The summed E-state index contributed by atoms with van der Waals surface area (Å²) in [5, 5.41) is 0. The van der Waals surface area contributed by atoms with Crippen molar-refractivity contribution in [2.24, 2.45) is 0 Å². The highest BCUT2D eigenvalue weighted by Gasteiger charge is 2.14. The van der Waals surface area contributed by atoms with Crippen molar-refractivity contribution in [3.8, 4) is 0 Å². The maximum atomic E-state index is 11.9. The van der Waals surface area contributed by atoms with Crippen molar-refractivity contribution >= 4 is 5.69 Å². The Morgan fingerprint density at radius 1 is 1.13 bits per heavy atom. The molecule has 1 rings (SSSR count). The number of anilines is 1. The zero-order valence-electron chi connectivity index (χ0n) is 9.92. The van der Waals surface area contributed by atoms with Crippen LogP contribution in [0.5, 0.6) is 0 Å². The van der Waals surface area contributed by atoms with Crippen LogP contribution in [0.4, 0.5) is 5.69 Å². The highest BCUT2D eigenvalue weighted by atomic mass is 16.1. The molecule has 1 heterocycles. The molecular formula is C11H21N3O. The van der Waals surface area contributed by atoms with Gasteiger partial charge in [-0.05, 0) is 19.8 Å². The lowest BCUT2D eigenvalue weighted by Crippen LogP contribution is -2.23. The van der Waals surface area contributed by atoms with E-state index in [0.29, 0.717) is 5.69 Å². The van der Waals surface area contributed by atoms with Crippen LogP contribution in [0.25, 0.3) is 0 Å². The maximum absolute atomic E-state index is 11.9. The Bertz CT molecular complexity index is 376. The summed E-state index contributed by atoms with van der Waals surface area (Å²) >= 11 is 0. The lowest BCUT2D eigenvalue weighted by Gasteiger charge is -2.11. The molecule has 0 unspecified atom stereocenters. The van der Waals surface area contributed by atoms with Gasteiger partial charge in [0.15, 0.2) is 0 Å². The first-order valence-electron chi connectivity index (χ1n) is 5.75. The molecule has 1 aromatic heterocycles. The molecule has 0 atom stereocenters. The average Bonchev–Trinajstić information content (AvgIpc) is 2.45. The first-order chi connectivity index (χ1) is 7.17. The molecular weight excluding hydrogens is 190 g/mol. The fourth-order valence-electron chi connectivity index (χ4n) is 1.95. The van der Waals surface area contributed by atoms with E-state index in [-0.39, 0.29) is 5.56 Å². The number of nitrogens with zero attached hydrogens (tertiary/aromatic N) is 2. The molecule has 15 heavy (non-hydrogen) atoms. The quantitative estimate of drug-likeness (QED) is 0.804. The standard InChI is InChI=1S/C11H21N3O/c1-4-7-9-10(12)11(15)14(8-5-2)13(9)6-3/h4-8,12H2,1-3H3. The van der Waals surface area contributed by atoms with E-state index in [2.05, 4.69) is 13.8 Å². The van der Waals surface area contributed by atoms with E-state index in [9.17, 15) is 4.79 Å². The zero-order valence-corrected chi connectivity index (χ0v) is 9.92. The summed E-state index contributed by atoms with van der Waals surface area (Å²) in [6.07, 6.45) is 2.85. The van der Waals surface area contributed by atoms with Crippen LogP contribution in [-0.2, 0) is 19.5 Å². The van der Waals surface area contributed by atoms with Crippen LogP contribution in [0.1, 0.15) is 39.3 Å². The van der Waals surface area contributed by atoms with Crippen LogP contribution in [0.15, 0.2) is 4.79 Å². The van der Waals surface area contributed by atoms with Gasteiger partial charge in [0.1, 0.15) is 5.69 Å². The fraction of sp³-hybridized carbons (Fsp3) is 0.727. The monoisotopic (exact) mass is 211 g/mol. The summed E-state index contributed by atoms with van der Waals surface area (Å²) in [6, 6.07) is 0. The molecule has 2 N–H and O–H groups in total. The molecule has 1 aromatic rings. The van der Waals surface area contributed by atoms with Gasteiger partial charge in [-0.15, -0.1) is 0 Å². The van der Waals surface area contributed by atoms with E-state index in [4.69, 9.17) is 5.73 Å². The smallest absolute Gasteiger partial charge is 0.290 e. The molecule has 0 aliphatic heterocycles. The number of nitrogen functional groups attached to an aromatic ring is 1. The van der Waals surface area contributed by atoms with Gasteiger partial charge in [0, 0.05) is 13.1 Å². The molecule has 0 aromatic carbocycles. The van der Waals surface area contributed by atoms with Crippen LogP contribution < -0.4 is 11.3 Å². The molecule has 0 saturated carbocycles. The number of hydrogen-bond acceptors (Lipinski definition) is 2. The van der Waals surface area contributed by atoms with Crippen LogP contribution >= 0.6 is 0 Å². The first-order valence-corrected chi connectivity index (χ1v) is 5.75. The van der Waals surface area contributed by atoms with Gasteiger partial charge >= 0.3 is 0 Å². The van der Waals surface area contributed by atoms with Crippen molar-refractivity contribution in [3.63, 3.8) is 0 Å². The van der Waals surface area contributed by atoms with Gasteiger partial charge in [0.2, 0.25) is 0 Å². The van der Waals surface area contributed by atoms with Crippen molar-refractivity contribution in [1.82, 2.24) is 9.36 Å². The van der Waals surface area contributed by atoms with Crippen LogP contribution in [-0.4, -0.2) is 9.36 Å². The predicted octanol–water partition coefficient (Wildman–Crippen LogP) is 1.61. The highest BCUT2D eigenvalue weighted by Crippen LogP contribution is 2.11. The summed E-state index contributed by atoms with van der Waals surface area (Å²) in [7, 11) is 0. The minimum atomic E-state index is -0.0258. The van der Waals surface area contributed by atoms with E-state index in [0.717, 1.165) is 38.0 Å². The molecule has 0 saturated heterocycles. The lowest BCUT2D eigenvalue weighted by atomic mass is 10.2. The summed E-state index contributed by atoms with van der Waals surface area (Å²) in [4.78, 5) is 11.9. The topological polar surface area (TPSA) is 53.0 Å². The van der Waals surface area contributed by atoms with Crippen molar-refractivity contribution in [2.45, 2.75) is 53.1 Å². The summed E-state index contributed by atoms with van der Waals surface area (Å²) < 4.78 is 3.78. The van der Waals surface area contributed by atoms with Crippen LogP contribution in [0.3, 0.4) is 0 Å². The normalized spacial score (nSPS) is 10.9. The second-order valence-corrected chi connectivity index (χ2v) is 3.75. The Morgan fingerprint density at radius 2 is 1.80 bits per heavy atom. The van der Waals surface area contributed by atoms with E-state index < -0.39 is 0 Å². The Kier molecular flexibility index (Phi) is 4.00. The zero-order chi connectivity index (χ0) is 11.4. The molecule has 0 fully saturated rings. The number of hydrogen-bond donors (Lipinski definition) is 1. The summed E-state index contributed by atoms with van der Waals surface area (Å²) in [5.41, 5.74) is 7.25. The molecule has 86 valence electrons. The van der Waals surface area contributed by atoms with Crippen molar-refractivity contribution in [1.29, 1.82) is 0 Å². The summed E-state index contributed by atoms with van der Waals surface area (Å²) in [6.45, 7) is 7.77. The second-order valence-electron chi connectivity index (χ2n) is 3.75. The lowest BCUT2D eigenvalue weighted by molar-refractivity contribution is 0.440. The number of aromatic nitrogens is 2. The third kappa shape index (κ3) is 2.08. The van der Waals surface area contributed by atoms with Crippen molar-refractivity contribution < 1.29 is 0 Å². The molecule has 0 bridgehead atoms. The largest absolute Gasteiger partial charge is 0.393 e. The highest BCUT2D eigenvalue weighted by molar-refractivity contribution is 5.41. The molecule has 0 spiro atoms. The predicted molar refractivity (Wildman–Crippen MR) is 63.1 cm³/mol. The Morgan fingerprint density at radius 3 is 2.27 bits per heavy atom. The van der Waals surface area contributed by atoms with Gasteiger partial charge < -0.3 is 5.73 Å². The van der Waals surface area contributed by atoms with Gasteiger partial charge in [-0.1, -0.05) is 20.3 Å². The first kappa shape index (κ1) is 11.9. The van der Waals surface area contributed by atoms with E-state index in [1.165, 1.54) is 0 Å². The fourth-order valence-corrected chi connectivity index (χ4v) is 1.95. The average molecular weight is 211 g/mol. The second kappa shape index (κ2) is 5.05. The third-order valence-corrected chi connectivity index (χ3v) is 2.60. The molecule has 0 radical (unpaired) electrons. The molecule has 4 nitrogen and oxygen atoms in total. The minimum Gasteiger partial charge on any atom is -0.393 e. The Hall–Kier alpha value is -1.19. The molecule has 0 aliphatic carbocycles. The summed E-state index contributed by atoms with van der Waals surface area (Å²) in [5.74, 6) is 0. The molecule has 0 aliphatic rings. The van der Waals surface area contributed by atoms with Crippen LogP contribution in [0, 0.1) is 0 Å². The van der Waals surface area contributed by atoms with E-state index >= 15 is 0 Å². The third-order valence-electron chi connectivity index (χ3n) is 2.60. The van der Waals surface area contributed by atoms with Gasteiger partial charge in [0.05, 0.1) is 5.69 Å². The van der Waals surface area contributed by atoms with Gasteiger partial charge in [-0.2, -0.15) is 0 Å². The van der Waals surface area contributed by atoms with Gasteiger partial charge in [-0.25, -0.2) is 4.68 Å². The minimum absolute atomic E-state index is 0.0258. The Labute approximate surface area is 90.7 Å². The number of nitrogens with two attached hydrogens (primary N) is 1. The van der Waals surface area contributed by atoms with Crippen molar-refractivity contribution in [3.05, 3.63) is 16.0 Å². The van der Waals surface area contributed by atoms with E-state index in [1.54, 1.807) is 4.68 Å². The van der Waals surface area contributed by atoms with Gasteiger partial charge in [-0.3, -0.25) is 9.48 Å². The van der Waals surface area contributed by atoms with E-state index in [1.807, 2.05) is 11.6 Å².